The van der Waals surface area contributed by atoms with Crippen LogP contribution in [-0.2, 0) is 10.0 Å². The number of aryl methyl sites for hydroxylation is 1. The fourth-order valence-electron chi connectivity index (χ4n) is 3.83. The Morgan fingerprint density at radius 1 is 1.13 bits per heavy atom. The molecule has 1 N–H and O–H groups in total. The van der Waals surface area contributed by atoms with Crippen molar-refractivity contribution in [2.24, 2.45) is 4.40 Å². The van der Waals surface area contributed by atoms with Crippen molar-refractivity contribution in [1.82, 2.24) is 10.2 Å². The van der Waals surface area contributed by atoms with Gasteiger partial charge < -0.3 is 10.2 Å². The molecule has 0 saturated carbocycles. The fraction of sp³-hybridized carbons (Fsp3) is 0.333. The molecule has 0 spiro atoms. The average molecular weight is 448 g/mol. The lowest BCUT2D eigenvalue weighted by atomic mass is 10.0. The van der Waals surface area contributed by atoms with E-state index in [0.717, 1.165) is 4.88 Å². The number of benzene rings is 1. The summed E-state index contributed by atoms with van der Waals surface area (Å²) in [7, 11) is -3.83. The number of carbonyl (C=O) groups is 1. The van der Waals surface area contributed by atoms with Crippen LogP contribution in [0.2, 0.25) is 0 Å². The smallest absolute Gasteiger partial charge is 0.285 e. The summed E-state index contributed by atoms with van der Waals surface area (Å²) in [6.45, 7) is 4.88. The van der Waals surface area contributed by atoms with Gasteiger partial charge in [-0.3, -0.25) is 4.79 Å². The zero-order valence-corrected chi connectivity index (χ0v) is 18.3. The monoisotopic (exact) mass is 447 g/mol. The van der Waals surface area contributed by atoms with E-state index in [9.17, 15) is 17.6 Å². The lowest BCUT2D eigenvalue weighted by Gasteiger charge is -2.33. The molecule has 1 amide bonds. The molecule has 0 radical (unpaired) electrons. The maximum absolute atomic E-state index is 13.2. The number of amides is 1. The van der Waals surface area contributed by atoms with Crippen molar-refractivity contribution in [3.05, 3.63) is 63.1 Å². The van der Waals surface area contributed by atoms with Gasteiger partial charge in [0.25, 0.3) is 15.9 Å². The van der Waals surface area contributed by atoms with E-state index in [1.807, 2.05) is 24.0 Å². The number of amidine groups is 1. The summed E-state index contributed by atoms with van der Waals surface area (Å²) >= 11 is 1.47. The molecule has 1 aromatic heterocycles. The third kappa shape index (κ3) is 4.04. The van der Waals surface area contributed by atoms with E-state index in [2.05, 4.69) is 9.71 Å². The standard InChI is InChI=1S/C21H22FN3O3S2/c1-13-3-8-18(29-13)21(26)23-17-9-11-25(12-10-17)20-14(2)19(30(27,28)24-20)15-4-6-16(22)7-5-15/h3-8,17H,9-12H2,1-2H3,(H,23,26). The topological polar surface area (TPSA) is 78.8 Å². The van der Waals surface area contributed by atoms with Gasteiger partial charge in [-0.25, -0.2) is 4.39 Å². The zero-order valence-electron chi connectivity index (χ0n) is 16.7. The van der Waals surface area contributed by atoms with Gasteiger partial charge in [-0.2, -0.15) is 8.42 Å². The molecule has 158 valence electrons. The van der Waals surface area contributed by atoms with Crippen molar-refractivity contribution in [2.75, 3.05) is 13.1 Å². The minimum Gasteiger partial charge on any atom is -0.356 e. The predicted molar refractivity (Wildman–Crippen MR) is 116 cm³/mol. The van der Waals surface area contributed by atoms with Crippen LogP contribution in [0, 0.1) is 12.7 Å². The first-order valence-electron chi connectivity index (χ1n) is 9.69. The Morgan fingerprint density at radius 3 is 2.40 bits per heavy atom. The molecule has 1 saturated heterocycles. The second kappa shape index (κ2) is 7.96. The van der Waals surface area contributed by atoms with Gasteiger partial charge in [0.2, 0.25) is 0 Å². The highest BCUT2D eigenvalue weighted by Gasteiger charge is 2.35. The molecule has 0 unspecified atom stereocenters. The maximum atomic E-state index is 13.2. The molecule has 2 aliphatic rings. The van der Waals surface area contributed by atoms with Gasteiger partial charge in [0, 0.05) is 29.6 Å². The third-order valence-corrected chi connectivity index (χ3v) is 7.81. The van der Waals surface area contributed by atoms with Crippen LogP contribution >= 0.6 is 11.3 Å². The summed E-state index contributed by atoms with van der Waals surface area (Å²) in [6.07, 6.45) is 1.41. The molecular formula is C21H22FN3O3S2. The molecule has 1 fully saturated rings. The van der Waals surface area contributed by atoms with Crippen molar-refractivity contribution >= 4 is 38.0 Å². The SMILES string of the molecule is CC1=C(c2ccc(F)cc2)S(=O)(=O)N=C1N1CCC(NC(=O)c2ccc(C)s2)CC1. The second-order valence-electron chi connectivity index (χ2n) is 7.50. The Balaban J connectivity index is 1.45. The summed E-state index contributed by atoms with van der Waals surface area (Å²) in [5.41, 5.74) is 0.999. The Labute approximate surface area is 179 Å². The molecule has 2 aromatic rings. The minimum absolute atomic E-state index is 0.0376. The Morgan fingerprint density at radius 2 is 1.80 bits per heavy atom. The van der Waals surface area contributed by atoms with Crippen LogP contribution in [0.25, 0.3) is 4.91 Å². The fourth-order valence-corrected chi connectivity index (χ4v) is 6.09. The number of hydrogen-bond donors (Lipinski definition) is 1. The van der Waals surface area contributed by atoms with Gasteiger partial charge in [0.05, 0.1) is 4.88 Å². The van der Waals surface area contributed by atoms with E-state index in [1.54, 1.807) is 6.92 Å². The van der Waals surface area contributed by atoms with Crippen molar-refractivity contribution in [3.63, 3.8) is 0 Å². The van der Waals surface area contributed by atoms with Crippen LogP contribution in [0.5, 0.6) is 0 Å². The average Bonchev–Trinajstić information content (AvgIpc) is 3.24. The Hall–Kier alpha value is -2.52. The van der Waals surface area contributed by atoms with Crippen LogP contribution in [0.3, 0.4) is 0 Å². The maximum Gasteiger partial charge on any atom is 0.285 e. The van der Waals surface area contributed by atoms with E-state index in [4.69, 9.17) is 0 Å². The normalized spacial score (nSPS) is 19.2. The van der Waals surface area contributed by atoms with Crippen LogP contribution in [0.15, 0.2) is 46.4 Å². The molecule has 1 aromatic carbocycles. The largest absolute Gasteiger partial charge is 0.356 e. The molecule has 6 nitrogen and oxygen atoms in total. The number of likely N-dealkylation sites (tertiary alicyclic amines) is 1. The summed E-state index contributed by atoms with van der Waals surface area (Å²) in [4.78, 5) is 16.2. The van der Waals surface area contributed by atoms with E-state index < -0.39 is 15.8 Å². The number of nitrogens with zero attached hydrogens (tertiary/aromatic N) is 2. The highest BCUT2D eigenvalue weighted by molar-refractivity contribution is 8.00. The van der Waals surface area contributed by atoms with E-state index in [0.29, 0.717) is 47.8 Å². The lowest BCUT2D eigenvalue weighted by Crippen LogP contribution is -2.46. The summed E-state index contributed by atoms with van der Waals surface area (Å²) in [5, 5.41) is 3.07. The minimum atomic E-state index is -3.83. The molecular weight excluding hydrogens is 425 g/mol. The van der Waals surface area contributed by atoms with Gasteiger partial charge in [-0.1, -0.05) is 12.1 Å². The highest BCUT2D eigenvalue weighted by Crippen LogP contribution is 2.34. The summed E-state index contributed by atoms with van der Waals surface area (Å²) < 4.78 is 42.6. The van der Waals surface area contributed by atoms with Crippen LogP contribution in [0.4, 0.5) is 4.39 Å². The summed E-state index contributed by atoms with van der Waals surface area (Å²) in [6, 6.07) is 9.19. The zero-order chi connectivity index (χ0) is 21.5. The van der Waals surface area contributed by atoms with E-state index >= 15 is 0 Å². The first-order valence-corrected chi connectivity index (χ1v) is 11.9. The van der Waals surface area contributed by atoms with E-state index in [-0.39, 0.29) is 16.9 Å². The quantitative estimate of drug-likeness (QED) is 0.780. The number of carbonyl (C=O) groups excluding carboxylic acids is 1. The Bertz CT molecular complexity index is 1140. The van der Waals surface area contributed by atoms with Crippen molar-refractivity contribution in [1.29, 1.82) is 0 Å². The molecule has 0 atom stereocenters. The molecule has 0 bridgehead atoms. The first kappa shape index (κ1) is 20.7. The summed E-state index contributed by atoms with van der Waals surface area (Å²) in [5.74, 6) is -0.0506. The molecule has 4 rings (SSSR count). The van der Waals surface area contributed by atoms with Gasteiger partial charge in [-0.05, 0) is 56.5 Å². The second-order valence-corrected chi connectivity index (χ2v) is 10.3. The number of halogens is 1. The molecule has 9 heteroatoms. The highest BCUT2D eigenvalue weighted by atomic mass is 32.2. The number of piperidine rings is 1. The predicted octanol–water partition coefficient (Wildman–Crippen LogP) is 3.56. The molecule has 30 heavy (non-hydrogen) atoms. The Kier molecular flexibility index (Phi) is 5.50. The number of thiophene rings is 1. The van der Waals surface area contributed by atoms with Crippen molar-refractivity contribution in [2.45, 2.75) is 32.7 Å². The van der Waals surface area contributed by atoms with Gasteiger partial charge >= 0.3 is 0 Å². The van der Waals surface area contributed by atoms with Crippen LogP contribution < -0.4 is 5.32 Å². The molecule has 3 heterocycles. The van der Waals surface area contributed by atoms with Crippen molar-refractivity contribution < 1.29 is 17.6 Å². The number of rotatable bonds is 3. The van der Waals surface area contributed by atoms with Crippen LogP contribution in [0.1, 0.15) is 39.9 Å². The number of hydrogen-bond acceptors (Lipinski definition) is 5. The first-order chi connectivity index (χ1) is 14.2. The van der Waals surface area contributed by atoms with E-state index in [1.165, 1.54) is 35.6 Å². The van der Waals surface area contributed by atoms with Gasteiger partial charge in [-0.15, -0.1) is 15.7 Å². The number of nitrogens with one attached hydrogen (secondary N) is 1. The third-order valence-electron chi connectivity index (χ3n) is 5.34. The van der Waals surface area contributed by atoms with Gasteiger partial charge in [0.1, 0.15) is 16.6 Å². The van der Waals surface area contributed by atoms with Gasteiger partial charge in [0.15, 0.2) is 0 Å². The van der Waals surface area contributed by atoms with Crippen molar-refractivity contribution in [3.8, 4) is 0 Å². The number of sulfonamides is 1. The lowest BCUT2D eigenvalue weighted by molar-refractivity contribution is 0.0926. The molecule has 0 aliphatic carbocycles. The van der Waals surface area contributed by atoms with Crippen LogP contribution in [-0.4, -0.2) is 44.2 Å². The molecule has 2 aliphatic heterocycles.